The SMILES string of the molecule is c1cc(CNC2CCCC(C3CC3)C2)on1. The van der Waals surface area contributed by atoms with Crippen molar-refractivity contribution < 1.29 is 4.52 Å². The van der Waals surface area contributed by atoms with Crippen LogP contribution in [0.2, 0.25) is 0 Å². The second-order valence-corrected chi connectivity index (χ2v) is 5.32. The van der Waals surface area contributed by atoms with Crippen LogP contribution in [0.15, 0.2) is 16.8 Å². The maximum absolute atomic E-state index is 5.10. The van der Waals surface area contributed by atoms with E-state index in [1.807, 2.05) is 6.07 Å². The van der Waals surface area contributed by atoms with Crippen LogP contribution in [0.4, 0.5) is 0 Å². The second-order valence-electron chi connectivity index (χ2n) is 5.32. The number of hydrogen-bond acceptors (Lipinski definition) is 3. The maximum Gasteiger partial charge on any atom is 0.150 e. The van der Waals surface area contributed by atoms with Crippen molar-refractivity contribution in [2.24, 2.45) is 11.8 Å². The molecule has 1 N–H and O–H groups in total. The average Bonchev–Trinajstić information content (AvgIpc) is 3.05. The predicted molar refractivity (Wildman–Crippen MR) is 61.8 cm³/mol. The monoisotopic (exact) mass is 220 g/mol. The Morgan fingerprint density at radius 2 is 2.19 bits per heavy atom. The van der Waals surface area contributed by atoms with E-state index in [4.69, 9.17) is 4.52 Å². The van der Waals surface area contributed by atoms with Gasteiger partial charge in [-0.1, -0.05) is 18.0 Å². The molecular formula is C13H20N2O. The Morgan fingerprint density at radius 1 is 1.25 bits per heavy atom. The first kappa shape index (κ1) is 10.3. The summed E-state index contributed by atoms with van der Waals surface area (Å²) in [6.07, 6.45) is 10.3. The van der Waals surface area contributed by atoms with Crippen LogP contribution < -0.4 is 5.32 Å². The molecule has 2 atom stereocenters. The van der Waals surface area contributed by atoms with Crippen LogP contribution in [-0.2, 0) is 6.54 Å². The van der Waals surface area contributed by atoms with Crippen LogP contribution in [0.5, 0.6) is 0 Å². The van der Waals surface area contributed by atoms with Gasteiger partial charge in [0.05, 0.1) is 12.7 Å². The van der Waals surface area contributed by atoms with Gasteiger partial charge in [-0.05, 0) is 37.5 Å². The lowest BCUT2D eigenvalue weighted by Gasteiger charge is -2.29. The lowest BCUT2D eigenvalue weighted by Crippen LogP contribution is -2.34. The lowest BCUT2D eigenvalue weighted by atomic mass is 9.83. The third kappa shape index (κ3) is 2.46. The minimum Gasteiger partial charge on any atom is -0.360 e. The standard InChI is InChI=1S/C13H20N2O/c1-2-11(10-4-5-10)8-12(3-1)14-9-13-6-7-15-16-13/h6-7,10-12,14H,1-5,8-9H2. The molecule has 3 nitrogen and oxygen atoms in total. The third-order valence-electron chi connectivity index (χ3n) is 4.06. The highest BCUT2D eigenvalue weighted by Gasteiger charge is 2.34. The van der Waals surface area contributed by atoms with E-state index in [0.29, 0.717) is 6.04 Å². The van der Waals surface area contributed by atoms with Crippen molar-refractivity contribution in [1.29, 1.82) is 0 Å². The van der Waals surface area contributed by atoms with Crippen molar-refractivity contribution in [3.05, 3.63) is 18.0 Å². The van der Waals surface area contributed by atoms with Crippen LogP contribution in [0, 0.1) is 11.8 Å². The van der Waals surface area contributed by atoms with E-state index in [2.05, 4.69) is 10.5 Å². The number of nitrogens with zero attached hydrogens (tertiary/aromatic N) is 1. The minimum absolute atomic E-state index is 0.699. The summed E-state index contributed by atoms with van der Waals surface area (Å²) >= 11 is 0. The lowest BCUT2D eigenvalue weighted by molar-refractivity contribution is 0.253. The Labute approximate surface area is 96.6 Å². The molecule has 0 radical (unpaired) electrons. The fraction of sp³-hybridized carbons (Fsp3) is 0.769. The summed E-state index contributed by atoms with van der Waals surface area (Å²) < 4.78 is 5.10. The molecule has 2 saturated carbocycles. The molecule has 1 aromatic heterocycles. The predicted octanol–water partition coefficient (Wildman–Crippen LogP) is 2.73. The topological polar surface area (TPSA) is 38.1 Å². The molecule has 0 bridgehead atoms. The molecule has 2 fully saturated rings. The largest absolute Gasteiger partial charge is 0.360 e. The number of nitrogens with one attached hydrogen (secondary N) is 1. The Kier molecular flexibility index (Phi) is 2.96. The number of hydrogen-bond donors (Lipinski definition) is 1. The molecule has 2 aliphatic rings. The van der Waals surface area contributed by atoms with Gasteiger partial charge in [-0.2, -0.15) is 0 Å². The summed E-state index contributed by atoms with van der Waals surface area (Å²) in [5.41, 5.74) is 0. The first-order chi connectivity index (χ1) is 7.92. The average molecular weight is 220 g/mol. The first-order valence-electron chi connectivity index (χ1n) is 6.55. The first-order valence-corrected chi connectivity index (χ1v) is 6.55. The summed E-state index contributed by atoms with van der Waals surface area (Å²) in [4.78, 5) is 0. The van der Waals surface area contributed by atoms with E-state index < -0.39 is 0 Å². The van der Waals surface area contributed by atoms with Crippen LogP contribution >= 0.6 is 0 Å². The minimum atomic E-state index is 0.699. The number of rotatable bonds is 4. The number of aromatic nitrogens is 1. The van der Waals surface area contributed by atoms with Gasteiger partial charge >= 0.3 is 0 Å². The van der Waals surface area contributed by atoms with Crippen LogP contribution in [0.1, 0.15) is 44.3 Å². The highest BCUT2D eigenvalue weighted by Crippen LogP contribution is 2.43. The van der Waals surface area contributed by atoms with Crippen molar-refractivity contribution in [3.8, 4) is 0 Å². The van der Waals surface area contributed by atoms with Gasteiger partial charge < -0.3 is 9.84 Å². The fourth-order valence-electron chi connectivity index (χ4n) is 2.99. The molecule has 2 unspecified atom stereocenters. The quantitative estimate of drug-likeness (QED) is 0.847. The fourth-order valence-corrected chi connectivity index (χ4v) is 2.99. The third-order valence-corrected chi connectivity index (χ3v) is 4.06. The van der Waals surface area contributed by atoms with Gasteiger partial charge in [0.2, 0.25) is 0 Å². The smallest absolute Gasteiger partial charge is 0.150 e. The molecule has 1 heterocycles. The summed E-state index contributed by atoms with van der Waals surface area (Å²) in [7, 11) is 0. The Morgan fingerprint density at radius 3 is 2.94 bits per heavy atom. The molecule has 88 valence electrons. The van der Waals surface area contributed by atoms with Crippen molar-refractivity contribution in [3.63, 3.8) is 0 Å². The highest BCUT2D eigenvalue weighted by atomic mass is 16.5. The molecule has 0 amide bonds. The van der Waals surface area contributed by atoms with E-state index in [1.165, 1.54) is 38.5 Å². The maximum atomic E-state index is 5.10. The molecule has 0 saturated heterocycles. The van der Waals surface area contributed by atoms with Gasteiger partial charge in [0.25, 0.3) is 0 Å². The van der Waals surface area contributed by atoms with E-state index >= 15 is 0 Å². The van der Waals surface area contributed by atoms with E-state index in [9.17, 15) is 0 Å². The van der Waals surface area contributed by atoms with Crippen LogP contribution in [0.25, 0.3) is 0 Å². The van der Waals surface area contributed by atoms with Gasteiger partial charge in [0.15, 0.2) is 0 Å². The van der Waals surface area contributed by atoms with Gasteiger partial charge in [0.1, 0.15) is 5.76 Å². The summed E-state index contributed by atoms with van der Waals surface area (Å²) in [5, 5.41) is 7.33. The molecule has 0 aromatic carbocycles. The van der Waals surface area contributed by atoms with Gasteiger partial charge in [-0.3, -0.25) is 0 Å². The summed E-state index contributed by atoms with van der Waals surface area (Å²) in [6, 6.07) is 2.64. The zero-order valence-electron chi connectivity index (χ0n) is 9.69. The highest BCUT2D eigenvalue weighted by molar-refractivity contribution is 4.94. The Bertz CT molecular complexity index is 319. The Balaban J connectivity index is 1.47. The molecule has 1 aromatic rings. The van der Waals surface area contributed by atoms with Gasteiger partial charge in [0, 0.05) is 12.1 Å². The summed E-state index contributed by atoms with van der Waals surface area (Å²) in [5.74, 6) is 3.02. The van der Waals surface area contributed by atoms with Crippen molar-refractivity contribution in [1.82, 2.24) is 10.5 Å². The zero-order valence-corrected chi connectivity index (χ0v) is 9.69. The van der Waals surface area contributed by atoms with Gasteiger partial charge in [-0.25, -0.2) is 0 Å². The molecule has 2 aliphatic carbocycles. The molecule has 3 heteroatoms. The second kappa shape index (κ2) is 4.58. The molecule has 16 heavy (non-hydrogen) atoms. The zero-order chi connectivity index (χ0) is 10.8. The molecule has 0 spiro atoms. The Hall–Kier alpha value is -0.830. The van der Waals surface area contributed by atoms with E-state index in [-0.39, 0.29) is 0 Å². The van der Waals surface area contributed by atoms with Crippen LogP contribution in [-0.4, -0.2) is 11.2 Å². The summed E-state index contributed by atoms with van der Waals surface area (Å²) in [6.45, 7) is 0.835. The van der Waals surface area contributed by atoms with E-state index in [1.54, 1.807) is 6.20 Å². The van der Waals surface area contributed by atoms with Crippen molar-refractivity contribution >= 4 is 0 Å². The molecular weight excluding hydrogens is 200 g/mol. The van der Waals surface area contributed by atoms with Crippen molar-refractivity contribution in [2.45, 2.75) is 51.1 Å². The van der Waals surface area contributed by atoms with Gasteiger partial charge in [-0.15, -0.1) is 0 Å². The molecule has 0 aliphatic heterocycles. The normalized spacial score (nSPS) is 30.5. The van der Waals surface area contributed by atoms with Crippen molar-refractivity contribution in [2.75, 3.05) is 0 Å². The van der Waals surface area contributed by atoms with E-state index in [0.717, 1.165) is 24.1 Å². The molecule has 3 rings (SSSR count). The van der Waals surface area contributed by atoms with Crippen LogP contribution in [0.3, 0.4) is 0 Å².